The van der Waals surface area contributed by atoms with Crippen molar-refractivity contribution < 1.29 is 9.53 Å². The number of hydrogen-bond acceptors (Lipinski definition) is 3. The summed E-state index contributed by atoms with van der Waals surface area (Å²) in [6.07, 6.45) is 8.25. The highest BCUT2D eigenvalue weighted by Gasteiger charge is 2.13. The fourth-order valence-electron chi connectivity index (χ4n) is 2.16. The van der Waals surface area contributed by atoms with Gasteiger partial charge in [0.2, 0.25) is 5.91 Å². The zero-order valence-corrected chi connectivity index (χ0v) is 11.0. The van der Waals surface area contributed by atoms with E-state index in [-0.39, 0.29) is 5.91 Å². The lowest BCUT2D eigenvalue weighted by Gasteiger charge is -2.21. The average Bonchev–Trinajstić information content (AvgIpc) is 2.36. The normalized spacial score (nSPS) is 17.0. The monoisotopic (exact) mass is 242 g/mol. The summed E-state index contributed by atoms with van der Waals surface area (Å²) in [4.78, 5) is 11.4. The van der Waals surface area contributed by atoms with Gasteiger partial charge in [-0.3, -0.25) is 4.79 Å². The standard InChI is InChI=1S/C13H26N2O2/c1-14-9-5-8-13(16)15-10-11-17-12-6-3-2-4-7-12/h12,14H,2-11H2,1H3,(H,15,16). The van der Waals surface area contributed by atoms with Crippen LogP contribution in [0.5, 0.6) is 0 Å². The third-order valence-electron chi connectivity index (χ3n) is 3.16. The minimum absolute atomic E-state index is 0.132. The lowest BCUT2D eigenvalue weighted by atomic mass is 9.98. The number of nitrogens with one attached hydrogen (secondary N) is 2. The van der Waals surface area contributed by atoms with Crippen LogP contribution in [0.25, 0.3) is 0 Å². The Morgan fingerprint density at radius 1 is 1.24 bits per heavy atom. The Balaban J connectivity index is 1.90. The summed E-state index contributed by atoms with van der Waals surface area (Å²) in [5.41, 5.74) is 0. The summed E-state index contributed by atoms with van der Waals surface area (Å²) in [6.45, 7) is 2.20. The Hall–Kier alpha value is -0.610. The van der Waals surface area contributed by atoms with Gasteiger partial charge in [-0.2, -0.15) is 0 Å². The minimum atomic E-state index is 0.132. The number of carbonyl (C=O) groups is 1. The molecule has 0 aromatic heterocycles. The summed E-state index contributed by atoms with van der Waals surface area (Å²) < 4.78 is 5.73. The smallest absolute Gasteiger partial charge is 0.220 e. The van der Waals surface area contributed by atoms with Crippen molar-refractivity contribution in [3.05, 3.63) is 0 Å². The second-order valence-electron chi connectivity index (χ2n) is 4.69. The van der Waals surface area contributed by atoms with Gasteiger partial charge in [0.1, 0.15) is 0 Å². The SMILES string of the molecule is CNCCCC(=O)NCCOC1CCCCC1. The molecular formula is C13H26N2O2. The van der Waals surface area contributed by atoms with Crippen LogP contribution < -0.4 is 10.6 Å². The number of carbonyl (C=O) groups excluding carboxylic acids is 1. The van der Waals surface area contributed by atoms with Gasteiger partial charge in [-0.05, 0) is 32.9 Å². The average molecular weight is 242 g/mol. The Morgan fingerprint density at radius 2 is 2.00 bits per heavy atom. The fourth-order valence-corrected chi connectivity index (χ4v) is 2.16. The maximum Gasteiger partial charge on any atom is 0.220 e. The fraction of sp³-hybridized carbons (Fsp3) is 0.923. The number of ether oxygens (including phenoxy) is 1. The van der Waals surface area contributed by atoms with Crippen molar-refractivity contribution in [3.8, 4) is 0 Å². The molecule has 0 bridgehead atoms. The van der Waals surface area contributed by atoms with E-state index in [2.05, 4.69) is 10.6 Å². The molecule has 1 rings (SSSR count). The van der Waals surface area contributed by atoms with Crippen molar-refractivity contribution in [2.24, 2.45) is 0 Å². The molecule has 0 aromatic carbocycles. The van der Waals surface area contributed by atoms with Crippen LogP contribution in [0.2, 0.25) is 0 Å². The van der Waals surface area contributed by atoms with Crippen LogP contribution in [0, 0.1) is 0 Å². The van der Waals surface area contributed by atoms with Crippen molar-refractivity contribution in [3.63, 3.8) is 0 Å². The lowest BCUT2D eigenvalue weighted by Crippen LogP contribution is -2.29. The molecule has 1 aliphatic rings. The quantitative estimate of drug-likeness (QED) is 0.633. The van der Waals surface area contributed by atoms with E-state index in [1.54, 1.807) is 0 Å². The highest BCUT2D eigenvalue weighted by Crippen LogP contribution is 2.19. The number of rotatable bonds is 8. The molecule has 2 N–H and O–H groups in total. The van der Waals surface area contributed by atoms with Crippen molar-refractivity contribution in [1.29, 1.82) is 0 Å². The maximum atomic E-state index is 11.4. The molecule has 100 valence electrons. The van der Waals surface area contributed by atoms with E-state index in [9.17, 15) is 4.79 Å². The van der Waals surface area contributed by atoms with Gasteiger partial charge in [-0.15, -0.1) is 0 Å². The molecule has 0 radical (unpaired) electrons. The van der Waals surface area contributed by atoms with Gasteiger partial charge < -0.3 is 15.4 Å². The lowest BCUT2D eigenvalue weighted by molar-refractivity contribution is -0.121. The van der Waals surface area contributed by atoms with Crippen molar-refractivity contribution in [2.45, 2.75) is 51.0 Å². The zero-order chi connectivity index (χ0) is 12.3. The zero-order valence-electron chi connectivity index (χ0n) is 11.0. The van der Waals surface area contributed by atoms with Crippen LogP contribution >= 0.6 is 0 Å². The van der Waals surface area contributed by atoms with E-state index in [1.165, 1.54) is 32.1 Å². The minimum Gasteiger partial charge on any atom is -0.376 e. The first-order valence-corrected chi connectivity index (χ1v) is 6.86. The Morgan fingerprint density at radius 3 is 2.71 bits per heavy atom. The van der Waals surface area contributed by atoms with E-state index in [0.29, 0.717) is 25.7 Å². The van der Waals surface area contributed by atoms with Crippen molar-refractivity contribution >= 4 is 5.91 Å². The van der Waals surface area contributed by atoms with Gasteiger partial charge in [-0.1, -0.05) is 19.3 Å². The van der Waals surface area contributed by atoms with Gasteiger partial charge in [-0.25, -0.2) is 0 Å². The van der Waals surface area contributed by atoms with Crippen molar-refractivity contribution in [1.82, 2.24) is 10.6 Å². The van der Waals surface area contributed by atoms with E-state index >= 15 is 0 Å². The molecule has 0 atom stereocenters. The molecule has 0 heterocycles. The molecule has 17 heavy (non-hydrogen) atoms. The first-order chi connectivity index (χ1) is 8.33. The number of amides is 1. The summed E-state index contributed by atoms with van der Waals surface area (Å²) in [7, 11) is 1.90. The van der Waals surface area contributed by atoms with Crippen LogP contribution in [0.4, 0.5) is 0 Å². The topological polar surface area (TPSA) is 50.4 Å². The van der Waals surface area contributed by atoms with Crippen LogP contribution in [-0.4, -0.2) is 38.8 Å². The Kier molecular flexibility index (Phi) is 8.01. The molecule has 0 aromatic rings. The van der Waals surface area contributed by atoms with Gasteiger partial charge in [0.05, 0.1) is 12.7 Å². The molecule has 1 aliphatic carbocycles. The predicted molar refractivity (Wildman–Crippen MR) is 69.0 cm³/mol. The molecule has 1 fully saturated rings. The summed E-state index contributed by atoms with van der Waals surface area (Å²) >= 11 is 0. The molecule has 4 nitrogen and oxygen atoms in total. The maximum absolute atomic E-state index is 11.4. The van der Waals surface area contributed by atoms with Gasteiger partial charge in [0.25, 0.3) is 0 Å². The number of hydrogen-bond donors (Lipinski definition) is 2. The molecule has 0 unspecified atom stereocenters. The van der Waals surface area contributed by atoms with E-state index in [4.69, 9.17) is 4.74 Å². The van der Waals surface area contributed by atoms with Crippen molar-refractivity contribution in [2.75, 3.05) is 26.7 Å². The predicted octanol–water partition coefficient (Wildman–Crippen LogP) is 1.45. The first kappa shape index (κ1) is 14.5. The molecule has 1 amide bonds. The molecule has 0 aliphatic heterocycles. The van der Waals surface area contributed by atoms with Gasteiger partial charge >= 0.3 is 0 Å². The third kappa shape index (κ3) is 7.34. The highest BCUT2D eigenvalue weighted by atomic mass is 16.5. The van der Waals surface area contributed by atoms with E-state index in [0.717, 1.165) is 13.0 Å². The largest absolute Gasteiger partial charge is 0.376 e. The second-order valence-corrected chi connectivity index (χ2v) is 4.69. The van der Waals surface area contributed by atoms with Crippen LogP contribution in [-0.2, 0) is 9.53 Å². The first-order valence-electron chi connectivity index (χ1n) is 6.86. The van der Waals surface area contributed by atoms with E-state index in [1.807, 2.05) is 7.05 Å². The van der Waals surface area contributed by atoms with Crippen LogP contribution in [0.1, 0.15) is 44.9 Å². The molecule has 4 heteroatoms. The molecular weight excluding hydrogens is 216 g/mol. The van der Waals surface area contributed by atoms with Crippen LogP contribution in [0.3, 0.4) is 0 Å². The third-order valence-corrected chi connectivity index (χ3v) is 3.16. The Bertz CT molecular complexity index is 204. The van der Waals surface area contributed by atoms with E-state index < -0.39 is 0 Å². The Labute approximate surface area is 104 Å². The second kappa shape index (κ2) is 9.42. The summed E-state index contributed by atoms with van der Waals surface area (Å²) in [5.74, 6) is 0.132. The summed E-state index contributed by atoms with van der Waals surface area (Å²) in [5, 5.41) is 5.92. The highest BCUT2D eigenvalue weighted by molar-refractivity contribution is 5.75. The molecule has 1 saturated carbocycles. The van der Waals surface area contributed by atoms with Gasteiger partial charge in [0, 0.05) is 13.0 Å². The van der Waals surface area contributed by atoms with Crippen LogP contribution in [0.15, 0.2) is 0 Å². The van der Waals surface area contributed by atoms with Gasteiger partial charge in [0.15, 0.2) is 0 Å². The molecule has 0 spiro atoms. The molecule has 0 saturated heterocycles. The summed E-state index contributed by atoms with van der Waals surface area (Å²) in [6, 6.07) is 0.